The first-order chi connectivity index (χ1) is 8.22. The molecule has 17 heavy (non-hydrogen) atoms. The molecule has 0 aliphatic carbocycles. The predicted octanol–water partition coefficient (Wildman–Crippen LogP) is 1.25. The van der Waals surface area contributed by atoms with Crippen LogP contribution < -0.4 is 5.32 Å². The number of carbonyl (C=O) groups is 1. The van der Waals surface area contributed by atoms with Crippen molar-refractivity contribution in [2.45, 2.75) is 0 Å². The van der Waals surface area contributed by atoms with Crippen LogP contribution in [0.15, 0.2) is 22.6 Å². The summed E-state index contributed by atoms with van der Waals surface area (Å²) in [4.78, 5) is 15.0. The van der Waals surface area contributed by atoms with Gasteiger partial charge in [0.2, 0.25) is 0 Å². The summed E-state index contributed by atoms with van der Waals surface area (Å²) >= 11 is 4.88. The van der Waals surface area contributed by atoms with Crippen molar-refractivity contribution >= 4 is 29.1 Å². The molecule has 0 unspecified atom stereocenters. The monoisotopic (exact) mass is 252 g/mol. The average molecular weight is 252 g/mol. The molecular weight excluding hydrogens is 240 g/mol. The maximum absolute atomic E-state index is 11.9. The minimum atomic E-state index is -0.0731. The highest BCUT2D eigenvalue weighted by molar-refractivity contribution is 7.71. The molecule has 0 saturated carbocycles. The summed E-state index contributed by atoms with van der Waals surface area (Å²) in [7, 11) is 0. The molecule has 0 bridgehead atoms. The van der Waals surface area contributed by atoms with E-state index in [1.165, 1.54) is 0 Å². The number of aromatic amines is 1. The third-order valence-electron chi connectivity index (χ3n) is 2.33. The number of nitrogens with one attached hydrogen (secondary N) is 2. The number of fused-ring (bicyclic) bond motifs is 1. The van der Waals surface area contributed by atoms with E-state index in [4.69, 9.17) is 21.7 Å². The van der Waals surface area contributed by atoms with Gasteiger partial charge in [0.25, 0.3) is 4.84 Å². The van der Waals surface area contributed by atoms with Gasteiger partial charge in [0.1, 0.15) is 0 Å². The van der Waals surface area contributed by atoms with Crippen LogP contribution in [-0.2, 0) is 0 Å². The Kier molecular flexibility index (Phi) is 3.68. The van der Waals surface area contributed by atoms with E-state index in [0.717, 1.165) is 0 Å². The molecular formula is C11H12N2O3S. The van der Waals surface area contributed by atoms with Crippen molar-refractivity contribution in [3.05, 3.63) is 28.6 Å². The minimum absolute atomic E-state index is 0.00558. The van der Waals surface area contributed by atoms with E-state index in [1.54, 1.807) is 18.2 Å². The number of benzene rings is 1. The summed E-state index contributed by atoms with van der Waals surface area (Å²) in [6.45, 7) is 0.570. The molecule has 90 valence electrons. The van der Waals surface area contributed by atoms with Crippen LogP contribution in [-0.4, -0.2) is 35.6 Å². The van der Waals surface area contributed by atoms with Gasteiger partial charge in [0.15, 0.2) is 11.4 Å². The van der Waals surface area contributed by atoms with Gasteiger partial charge in [-0.25, -0.2) is 0 Å². The lowest BCUT2D eigenvalue weighted by atomic mass is 10.1. The molecule has 1 aromatic heterocycles. The van der Waals surface area contributed by atoms with E-state index in [9.17, 15) is 4.79 Å². The van der Waals surface area contributed by atoms with E-state index in [-0.39, 0.29) is 23.8 Å². The fraction of sp³-hybridized carbons (Fsp3) is 0.273. The molecule has 2 aromatic rings. The van der Waals surface area contributed by atoms with Crippen molar-refractivity contribution in [3.63, 3.8) is 0 Å². The van der Waals surface area contributed by atoms with Gasteiger partial charge < -0.3 is 19.8 Å². The Morgan fingerprint density at radius 1 is 1.53 bits per heavy atom. The molecule has 0 spiro atoms. The molecule has 1 heterocycles. The third-order valence-corrected chi connectivity index (χ3v) is 2.52. The second-order valence-electron chi connectivity index (χ2n) is 3.52. The molecule has 1 aromatic carbocycles. The fourth-order valence-electron chi connectivity index (χ4n) is 1.58. The van der Waals surface area contributed by atoms with Crippen molar-refractivity contribution in [2.75, 3.05) is 19.7 Å². The van der Waals surface area contributed by atoms with Crippen LogP contribution >= 0.6 is 12.2 Å². The van der Waals surface area contributed by atoms with Gasteiger partial charge in [-0.05, 0) is 24.4 Å². The Morgan fingerprint density at radius 3 is 3.12 bits per heavy atom. The van der Waals surface area contributed by atoms with Gasteiger partial charge in [0.05, 0.1) is 18.7 Å². The van der Waals surface area contributed by atoms with Crippen LogP contribution in [0.4, 0.5) is 0 Å². The largest absolute Gasteiger partial charge is 0.429 e. The van der Waals surface area contributed by atoms with Crippen molar-refractivity contribution in [3.8, 4) is 0 Å². The number of aromatic nitrogens is 1. The second-order valence-corrected chi connectivity index (χ2v) is 3.89. The first-order valence-electron chi connectivity index (χ1n) is 5.19. The van der Waals surface area contributed by atoms with Gasteiger partial charge in [-0.2, -0.15) is 0 Å². The number of hydrogen-bond acceptors (Lipinski definition) is 5. The number of aliphatic hydroxyl groups is 1. The molecule has 0 atom stereocenters. The zero-order valence-electron chi connectivity index (χ0n) is 9.03. The maximum Gasteiger partial charge on any atom is 0.266 e. The molecule has 3 N–H and O–H groups in total. The molecule has 0 aliphatic heterocycles. The number of carbonyl (C=O) groups excluding carboxylic acids is 1. The lowest BCUT2D eigenvalue weighted by molar-refractivity contribution is 0.0991. The molecule has 0 aliphatic rings. The maximum atomic E-state index is 11.9. The number of rotatable bonds is 5. The fourth-order valence-corrected chi connectivity index (χ4v) is 1.77. The Bertz CT molecular complexity index is 588. The lowest BCUT2D eigenvalue weighted by Crippen LogP contribution is -2.25. The average Bonchev–Trinajstić information content (AvgIpc) is 2.69. The van der Waals surface area contributed by atoms with E-state index >= 15 is 0 Å². The first-order valence-corrected chi connectivity index (χ1v) is 5.60. The van der Waals surface area contributed by atoms with Gasteiger partial charge in [-0.3, -0.25) is 4.79 Å². The first kappa shape index (κ1) is 12.0. The highest BCUT2D eigenvalue weighted by atomic mass is 32.1. The molecule has 6 heteroatoms. The van der Waals surface area contributed by atoms with Gasteiger partial charge >= 0.3 is 0 Å². The Morgan fingerprint density at radius 2 is 2.35 bits per heavy atom. The van der Waals surface area contributed by atoms with Crippen LogP contribution in [0.25, 0.3) is 11.1 Å². The Balaban J connectivity index is 2.28. The lowest BCUT2D eigenvalue weighted by Gasteiger charge is -2.02. The molecule has 0 saturated heterocycles. The van der Waals surface area contributed by atoms with Crippen molar-refractivity contribution in [1.29, 1.82) is 0 Å². The van der Waals surface area contributed by atoms with Crippen LogP contribution in [0, 0.1) is 4.84 Å². The van der Waals surface area contributed by atoms with Gasteiger partial charge in [-0.1, -0.05) is 6.07 Å². The number of ketones is 1. The Labute approximate surface area is 102 Å². The highest BCUT2D eigenvalue weighted by Gasteiger charge is 2.11. The van der Waals surface area contributed by atoms with Crippen LogP contribution in [0.1, 0.15) is 10.4 Å². The third kappa shape index (κ3) is 2.60. The number of hydrogen-bond donors (Lipinski definition) is 3. The normalized spacial score (nSPS) is 10.9. The number of H-pyrrole nitrogens is 1. The number of aliphatic hydroxyl groups excluding tert-OH is 1. The predicted molar refractivity (Wildman–Crippen MR) is 65.7 cm³/mol. The zero-order chi connectivity index (χ0) is 12.3. The van der Waals surface area contributed by atoms with Crippen LogP contribution in [0.5, 0.6) is 0 Å². The number of para-hydroxylation sites is 1. The summed E-state index contributed by atoms with van der Waals surface area (Å²) in [6, 6.07) is 5.21. The Hall–Kier alpha value is -1.50. The van der Waals surface area contributed by atoms with E-state index in [0.29, 0.717) is 23.2 Å². The number of Topliss-reactive ketones (excluding diaryl/α,β-unsaturated/α-hetero) is 1. The molecule has 5 nitrogen and oxygen atoms in total. The van der Waals surface area contributed by atoms with Gasteiger partial charge in [0, 0.05) is 12.1 Å². The van der Waals surface area contributed by atoms with E-state index in [2.05, 4.69) is 10.3 Å². The SMILES string of the molecule is O=C(CNCCO)c1cccc2oc(=S)[nH]c12. The molecule has 0 fully saturated rings. The quantitative estimate of drug-likeness (QED) is 0.424. The van der Waals surface area contributed by atoms with Crippen molar-refractivity contribution in [2.24, 2.45) is 0 Å². The van der Waals surface area contributed by atoms with Gasteiger partial charge in [-0.15, -0.1) is 0 Å². The van der Waals surface area contributed by atoms with Crippen molar-refractivity contribution in [1.82, 2.24) is 10.3 Å². The molecule has 2 rings (SSSR count). The minimum Gasteiger partial charge on any atom is -0.429 e. The summed E-state index contributed by atoms with van der Waals surface area (Å²) in [5.74, 6) is -0.0731. The smallest absolute Gasteiger partial charge is 0.266 e. The van der Waals surface area contributed by atoms with Crippen molar-refractivity contribution < 1.29 is 14.3 Å². The summed E-state index contributed by atoms with van der Waals surface area (Å²) in [5, 5.41) is 11.5. The van der Waals surface area contributed by atoms with E-state index < -0.39 is 0 Å². The van der Waals surface area contributed by atoms with E-state index in [1.807, 2.05) is 0 Å². The van der Waals surface area contributed by atoms with Crippen LogP contribution in [0.2, 0.25) is 0 Å². The highest BCUT2D eigenvalue weighted by Crippen LogP contribution is 2.18. The summed E-state index contributed by atoms with van der Waals surface area (Å²) < 4.78 is 5.23. The zero-order valence-corrected chi connectivity index (χ0v) is 9.84. The second kappa shape index (κ2) is 5.22. The number of oxazole rings is 1. The van der Waals surface area contributed by atoms with Crippen LogP contribution in [0.3, 0.4) is 0 Å². The molecule has 0 radical (unpaired) electrons. The summed E-state index contributed by atoms with van der Waals surface area (Å²) in [6.07, 6.45) is 0. The molecule has 0 amide bonds. The standard InChI is InChI=1S/C11H12N2O3S/c14-5-4-12-6-8(15)7-2-1-3-9-10(7)13-11(17)16-9/h1-3,12,14H,4-6H2,(H,13,17). The summed E-state index contributed by atoms with van der Waals surface area (Å²) in [5.41, 5.74) is 1.73. The topological polar surface area (TPSA) is 78.3 Å².